The van der Waals surface area contributed by atoms with Crippen LogP contribution in [0.15, 0.2) is 18.2 Å². The fraction of sp³-hybridized carbons (Fsp3) is 0.273. The van der Waals surface area contributed by atoms with Crippen molar-refractivity contribution >= 4 is 63.1 Å². The molecule has 0 spiro atoms. The largest absolute Gasteiger partial charge is 0.364 e. The Balaban J connectivity index is 2.49. The molecule has 1 N–H and O–H groups in total. The van der Waals surface area contributed by atoms with Gasteiger partial charge in [-0.15, -0.1) is 0 Å². The van der Waals surface area contributed by atoms with E-state index in [0.717, 1.165) is 0 Å². The molecular formula is C11H12Cl2N2OS2. The number of carbonyl (C=O) groups is 1. The van der Waals surface area contributed by atoms with Crippen LogP contribution in [-0.2, 0) is 4.79 Å². The Hall–Kier alpha value is -0.490. The van der Waals surface area contributed by atoms with Gasteiger partial charge in [0.15, 0.2) is 0 Å². The number of nitrogens with one attached hydrogen (secondary N) is 1. The maximum atomic E-state index is 11.6. The van der Waals surface area contributed by atoms with Crippen LogP contribution in [0.2, 0.25) is 10.0 Å². The highest BCUT2D eigenvalue weighted by Crippen LogP contribution is 2.25. The van der Waals surface area contributed by atoms with Crippen molar-refractivity contribution in [2.45, 2.75) is 0 Å². The zero-order chi connectivity index (χ0) is 13.7. The molecule has 0 bridgehead atoms. The zero-order valence-corrected chi connectivity index (χ0v) is 13.0. The topological polar surface area (TPSA) is 32.3 Å². The molecule has 0 heterocycles. The number of rotatable bonds is 3. The number of thioether (sulfide) groups is 1. The third kappa shape index (κ3) is 5.02. The number of nitrogens with zero attached hydrogens (tertiary/aromatic N) is 1. The maximum absolute atomic E-state index is 11.6. The first-order chi connectivity index (χ1) is 8.40. The molecule has 1 aromatic carbocycles. The smallest absolute Gasteiger partial charge is 0.234 e. The normalized spacial score (nSPS) is 10.0. The van der Waals surface area contributed by atoms with Gasteiger partial charge in [0.05, 0.1) is 15.8 Å². The predicted octanol–water partition coefficient (Wildman–Crippen LogP) is 3.51. The third-order valence-electron chi connectivity index (χ3n) is 1.90. The van der Waals surface area contributed by atoms with E-state index in [1.54, 1.807) is 23.1 Å². The van der Waals surface area contributed by atoms with E-state index in [9.17, 15) is 4.79 Å². The summed E-state index contributed by atoms with van der Waals surface area (Å²) in [6, 6.07) is 4.94. The third-order valence-corrected chi connectivity index (χ3v) is 4.37. The molecule has 0 aromatic heterocycles. The summed E-state index contributed by atoms with van der Waals surface area (Å²) in [6.07, 6.45) is 0. The fourth-order valence-corrected chi connectivity index (χ4v) is 2.09. The van der Waals surface area contributed by atoms with E-state index in [1.165, 1.54) is 11.8 Å². The minimum absolute atomic E-state index is 0.136. The highest BCUT2D eigenvalue weighted by molar-refractivity contribution is 8.23. The minimum atomic E-state index is -0.136. The molecule has 1 aromatic rings. The lowest BCUT2D eigenvalue weighted by atomic mass is 10.3. The first-order valence-corrected chi connectivity index (χ1v) is 7.14. The number of hydrogen-bond donors (Lipinski definition) is 1. The van der Waals surface area contributed by atoms with Crippen LogP contribution >= 0.6 is 47.2 Å². The average molecular weight is 323 g/mol. The quantitative estimate of drug-likeness (QED) is 0.863. The van der Waals surface area contributed by atoms with Crippen LogP contribution < -0.4 is 5.32 Å². The van der Waals surface area contributed by atoms with Gasteiger partial charge in [0.1, 0.15) is 4.32 Å². The van der Waals surface area contributed by atoms with Crippen molar-refractivity contribution in [3.63, 3.8) is 0 Å². The molecule has 0 unspecified atom stereocenters. The van der Waals surface area contributed by atoms with Crippen LogP contribution in [0.1, 0.15) is 0 Å². The summed E-state index contributed by atoms with van der Waals surface area (Å²) in [6.45, 7) is 0. The van der Waals surface area contributed by atoms with Crippen molar-refractivity contribution in [2.75, 3.05) is 25.2 Å². The first-order valence-electron chi connectivity index (χ1n) is 4.99. The molecule has 0 saturated carbocycles. The monoisotopic (exact) mass is 322 g/mol. The molecule has 1 rings (SSSR count). The van der Waals surface area contributed by atoms with Gasteiger partial charge in [-0.05, 0) is 18.2 Å². The van der Waals surface area contributed by atoms with Gasteiger partial charge in [0.25, 0.3) is 0 Å². The second kappa shape index (κ2) is 7.19. The van der Waals surface area contributed by atoms with Gasteiger partial charge in [-0.2, -0.15) is 0 Å². The summed E-state index contributed by atoms with van der Waals surface area (Å²) in [5, 5.41) is 3.59. The highest BCUT2D eigenvalue weighted by Gasteiger charge is 2.07. The van der Waals surface area contributed by atoms with Gasteiger partial charge < -0.3 is 10.2 Å². The number of benzene rings is 1. The molecule has 0 aliphatic rings. The number of carbonyl (C=O) groups excluding carboxylic acids is 1. The molecule has 3 nitrogen and oxygen atoms in total. The number of halogens is 2. The van der Waals surface area contributed by atoms with Crippen molar-refractivity contribution in [2.24, 2.45) is 0 Å². The zero-order valence-electron chi connectivity index (χ0n) is 9.87. The molecular weight excluding hydrogens is 311 g/mol. The molecule has 0 fully saturated rings. The van der Waals surface area contributed by atoms with E-state index in [2.05, 4.69) is 5.32 Å². The van der Waals surface area contributed by atoms with E-state index >= 15 is 0 Å². The van der Waals surface area contributed by atoms with Crippen LogP contribution in [0.3, 0.4) is 0 Å². The summed E-state index contributed by atoms with van der Waals surface area (Å²) in [4.78, 5) is 13.4. The maximum Gasteiger partial charge on any atom is 0.234 e. The van der Waals surface area contributed by atoms with Gasteiger partial charge in [0.2, 0.25) is 5.91 Å². The number of amides is 1. The Kier molecular flexibility index (Phi) is 6.21. The molecule has 18 heavy (non-hydrogen) atoms. The van der Waals surface area contributed by atoms with Crippen LogP contribution in [0.25, 0.3) is 0 Å². The molecule has 7 heteroatoms. The summed E-state index contributed by atoms with van der Waals surface area (Å²) in [5.41, 5.74) is 0.616. The van der Waals surface area contributed by atoms with Crippen LogP contribution in [-0.4, -0.2) is 35.0 Å². The number of anilines is 1. The van der Waals surface area contributed by atoms with Crippen molar-refractivity contribution in [3.05, 3.63) is 28.2 Å². The Morgan fingerprint density at radius 1 is 1.39 bits per heavy atom. The fourth-order valence-electron chi connectivity index (χ4n) is 1.03. The van der Waals surface area contributed by atoms with Gasteiger partial charge in [-0.25, -0.2) is 0 Å². The van der Waals surface area contributed by atoms with E-state index in [-0.39, 0.29) is 11.7 Å². The highest BCUT2D eigenvalue weighted by atomic mass is 35.5. The second-order valence-electron chi connectivity index (χ2n) is 3.63. The van der Waals surface area contributed by atoms with Crippen molar-refractivity contribution in [1.29, 1.82) is 0 Å². The lowest BCUT2D eigenvalue weighted by Gasteiger charge is -2.12. The molecule has 0 aliphatic carbocycles. The van der Waals surface area contributed by atoms with Crippen LogP contribution in [0.4, 0.5) is 5.69 Å². The molecule has 1 amide bonds. The van der Waals surface area contributed by atoms with Gasteiger partial charge >= 0.3 is 0 Å². The summed E-state index contributed by atoms with van der Waals surface area (Å²) in [5.74, 6) is 0.125. The van der Waals surface area contributed by atoms with Crippen molar-refractivity contribution < 1.29 is 4.79 Å². The van der Waals surface area contributed by atoms with Crippen LogP contribution in [0, 0.1) is 0 Å². The van der Waals surface area contributed by atoms with Gasteiger partial charge in [-0.3, -0.25) is 4.79 Å². The van der Waals surface area contributed by atoms with Crippen molar-refractivity contribution in [1.82, 2.24) is 4.90 Å². The molecule has 98 valence electrons. The minimum Gasteiger partial charge on any atom is -0.364 e. The molecule has 0 radical (unpaired) electrons. The van der Waals surface area contributed by atoms with E-state index in [4.69, 9.17) is 35.4 Å². The SMILES string of the molecule is CN(C)C(=S)SCC(=O)Nc1ccc(Cl)c(Cl)c1. The first kappa shape index (κ1) is 15.6. The van der Waals surface area contributed by atoms with Crippen molar-refractivity contribution in [3.8, 4) is 0 Å². The standard InChI is InChI=1S/C11H12Cl2N2OS2/c1-15(2)11(17)18-6-10(16)14-7-3-4-8(12)9(13)5-7/h3-5H,6H2,1-2H3,(H,14,16). The summed E-state index contributed by atoms with van der Waals surface area (Å²) < 4.78 is 0.666. The van der Waals surface area contributed by atoms with E-state index in [0.29, 0.717) is 20.1 Å². The van der Waals surface area contributed by atoms with Crippen LogP contribution in [0.5, 0.6) is 0 Å². The second-order valence-corrected chi connectivity index (χ2v) is 6.05. The molecule has 0 atom stereocenters. The number of hydrogen-bond acceptors (Lipinski definition) is 3. The Labute approximate surface area is 126 Å². The lowest BCUT2D eigenvalue weighted by Crippen LogP contribution is -2.20. The Morgan fingerprint density at radius 3 is 2.61 bits per heavy atom. The Bertz CT molecular complexity index is 466. The molecule has 0 aliphatic heterocycles. The van der Waals surface area contributed by atoms with Gasteiger partial charge in [0, 0.05) is 19.8 Å². The average Bonchev–Trinajstić information content (AvgIpc) is 2.30. The van der Waals surface area contributed by atoms with E-state index in [1.807, 2.05) is 14.1 Å². The van der Waals surface area contributed by atoms with E-state index < -0.39 is 0 Å². The summed E-state index contributed by atoms with van der Waals surface area (Å²) >= 11 is 18.0. The lowest BCUT2D eigenvalue weighted by molar-refractivity contribution is -0.113. The number of thiocarbonyl (C=S) groups is 1. The van der Waals surface area contributed by atoms with Gasteiger partial charge in [-0.1, -0.05) is 47.2 Å². The Morgan fingerprint density at radius 2 is 2.06 bits per heavy atom. The summed E-state index contributed by atoms with van der Waals surface area (Å²) in [7, 11) is 3.68. The molecule has 0 saturated heterocycles. The predicted molar refractivity (Wildman–Crippen MR) is 83.8 cm³/mol.